The number of benzene rings is 1. The van der Waals surface area contributed by atoms with Crippen LogP contribution in [-0.2, 0) is 4.74 Å². The van der Waals surface area contributed by atoms with Gasteiger partial charge < -0.3 is 9.47 Å². The SMILES string of the molecule is CCOC(=O)c1c(-c2ccc(OC)cc2)nsc1C. The second-order valence-corrected chi connectivity index (χ2v) is 4.89. The van der Waals surface area contributed by atoms with Crippen LogP contribution < -0.4 is 4.74 Å². The topological polar surface area (TPSA) is 48.4 Å². The summed E-state index contributed by atoms with van der Waals surface area (Å²) in [5.41, 5.74) is 2.11. The van der Waals surface area contributed by atoms with Crippen LogP contribution in [0.4, 0.5) is 0 Å². The molecule has 0 aliphatic heterocycles. The summed E-state index contributed by atoms with van der Waals surface area (Å²) in [6.45, 7) is 4.02. The minimum atomic E-state index is -0.320. The van der Waals surface area contributed by atoms with Crippen LogP contribution in [-0.4, -0.2) is 24.1 Å². The van der Waals surface area contributed by atoms with E-state index < -0.39 is 0 Å². The van der Waals surface area contributed by atoms with E-state index in [9.17, 15) is 4.79 Å². The molecule has 4 nitrogen and oxygen atoms in total. The van der Waals surface area contributed by atoms with E-state index in [-0.39, 0.29) is 5.97 Å². The molecule has 0 saturated carbocycles. The molecule has 2 aromatic rings. The van der Waals surface area contributed by atoms with Crippen LogP contribution in [0.25, 0.3) is 11.3 Å². The van der Waals surface area contributed by atoms with Gasteiger partial charge in [-0.25, -0.2) is 4.79 Å². The van der Waals surface area contributed by atoms with Crippen molar-refractivity contribution in [1.82, 2.24) is 4.37 Å². The highest BCUT2D eigenvalue weighted by atomic mass is 32.1. The molecule has 0 unspecified atom stereocenters. The lowest BCUT2D eigenvalue weighted by atomic mass is 10.1. The monoisotopic (exact) mass is 277 g/mol. The Morgan fingerprint density at radius 3 is 2.58 bits per heavy atom. The largest absolute Gasteiger partial charge is 0.497 e. The van der Waals surface area contributed by atoms with Crippen LogP contribution in [0, 0.1) is 6.92 Å². The average molecular weight is 277 g/mol. The van der Waals surface area contributed by atoms with Gasteiger partial charge in [-0.3, -0.25) is 0 Å². The van der Waals surface area contributed by atoms with Crippen LogP contribution in [0.2, 0.25) is 0 Å². The van der Waals surface area contributed by atoms with Gasteiger partial charge in [0, 0.05) is 10.4 Å². The molecule has 0 fully saturated rings. The molecule has 100 valence electrons. The molecule has 0 aliphatic carbocycles. The molecule has 0 spiro atoms. The second-order valence-electron chi connectivity index (χ2n) is 3.91. The van der Waals surface area contributed by atoms with Gasteiger partial charge in [0.1, 0.15) is 11.3 Å². The average Bonchev–Trinajstić information content (AvgIpc) is 2.81. The number of nitrogens with zero attached hydrogens (tertiary/aromatic N) is 1. The molecule has 0 radical (unpaired) electrons. The first-order valence-corrected chi connectivity index (χ1v) is 6.72. The van der Waals surface area contributed by atoms with E-state index in [1.807, 2.05) is 31.2 Å². The van der Waals surface area contributed by atoms with Crippen molar-refractivity contribution in [2.45, 2.75) is 13.8 Å². The number of aromatic nitrogens is 1. The van der Waals surface area contributed by atoms with Crippen molar-refractivity contribution in [3.05, 3.63) is 34.7 Å². The van der Waals surface area contributed by atoms with Crippen LogP contribution in [0.15, 0.2) is 24.3 Å². The quantitative estimate of drug-likeness (QED) is 0.804. The number of carbonyl (C=O) groups excluding carboxylic acids is 1. The van der Waals surface area contributed by atoms with Gasteiger partial charge in [0.2, 0.25) is 0 Å². The third kappa shape index (κ3) is 2.76. The summed E-state index contributed by atoms with van der Waals surface area (Å²) >= 11 is 1.31. The van der Waals surface area contributed by atoms with Crippen molar-refractivity contribution in [3.8, 4) is 17.0 Å². The number of methoxy groups -OCH3 is 1. The predicted octanol–water partition coefficient (Wildman–Crippen LogP) is 3.30. The molecule has 1 aromatic carbocycles. The fourth-order valence-corrected chi connectivity index (χ4v) is 2.46. The molecule has 0 bridgehead atoms. The van der Waals surface area contributed by atoms with E-state index in [1.54, 1.807) is 14.0 Å². The van der Waals surface area contributed by atoms with Gasteiger partial charge >= 0.3 is 5.97 Å². The lowest BCUT2D eigenvalue weighted by Crippen LogP contribution is -2.06. The third-order valence-electron chi connectivity index (χ3n) is 2.71. The molecular formula is C14H15NO3S. The minimum absolute atomic E-state index is 0.320. The second kappa shape index (κ2) is 5.84. The summed E-state index contributed by atoms with van der Waals surface area (Å²) < 4.78 is 14.5. The Hall–Kier alpha value is -1.88. The van der Waals surface area contributed by atoms with E-state index in [4.69, 9.17) is 9.47 Å². The lowest BCUT2D eigenvalue weighted by molar-refractivity contribution is 0.0527. The van der Waals surface area contributed by atoms with E-state index in [0.717, 1.165) is 16.2 Å². The zero-order chi connectivity index (χ0) is 13.8. The van der Waals surface area contributed by atoms with Crippen LogP contribution >= 0.6 is 11.5 Å². The molecule has 0 atom stereocenters. The number of hydrogen-bond acceptors (Lipinski definition) is 5. The Balaban J connectivity index is 2.41. The Bertz CT molecular complexity index is 575. The van der Waals surface area contributed by atoms with Crippen LogP contribution in [0.1, 0.15) is 22.2 Å². The Kier molecular flexibility index (Phi) is 4.16. The minimum Gasteiger partial charge on any atom is -0.497 e. The molecule has 0 saturated heterocycles. The first-order valence-electron chi connectivity index (χ1n) is 5.95. The Morgan fingerprint density at radius 1 is 1.32 bits per heavy atom. The fourth-order valence-electron chi connectivity index (χ4n) is 1.76. The first kappa shape index (κ1) is 13.5. The smallest absolute Gasteiger partial charge is 0.341 e. The summed E-state index contributed by atoms with van der Waals surface area (Å²) in [5, 5.41) is 0. The maximum atomic E-state index is 12.0. The van der Waals surface area contributed by atoms with E-state index in [1.165, 1.54) is 11.5 Å². The highest BCUT2D eigenvalue weighted by Gasteiger charge is 2.20. The zero-order valence-corrected chi connectivity index (χ0v) is 11.9. The van der Waals surface area contributed by atoms with Gasteiger partial charge in [-0.2, -0.15) is 4.37 Å². The van der Waals surface area contributed by atoms with Crippen molar-refractivity contribution in [2.24, 2.45) is 0 Å². The summed E-state index contributed by atoms with van der Waals surface area (Å²) in [5.74, 6) is 0.452. The molecule has 0 amide bonds. The van der Waals surface area contributed by atoms with Crippen molar-refractivity contribution in [3.63, 3.8) is 0 Å². The number of esters is 1. The van der Waals surface area contributed by atoms with Gasteiger partial charge in [0.25, 0.3) is 0 Å². The van der Waals surface area contributed by atoms with Gasteiger partial charge in [0.15, 0.2) is 0 Å². The van der Waals surface area contributed by atoms with Crippen molar-refractivity contribution in [2.75, 3.05) is 13.7 Å². The molecular weight excluding hydrogens is 262 g/mol. The molecule has 0 N–H and O–H groups in total. The predicted molar refractivity (Wildman–Crippen MR) is 74.8 cm³/mol. The summed E-state index contributed by atoms with van der Waals surface area (Å²) in [6, 6.07) is 7.46. The van der Waals surface area contributed by atoms with Crippen LogP contribution in [0.3, 0.4) is 0 Å². The van der Waals surface area contributed by atoms with Gasteiger partial charge in [-0.1, -0.05) is 0 Å². The van der Waals surface area contributed by atoms with Gasteiger partial charge in [0.05, 0.1) is 19.4 Å². The molecule has 0 aliphatic rings. The molecule has 19 heavy (non-hydrogen) atoms. The van der Waals surface area contributed by atoms with E-state index in [2.05, 4.69) is 4.37 Å². The maximum Gasteiger partial charge on any atom is 0.341 e. The highest BCUT2D eigenvalue weighted by Crippen LogP contribution is 2.29. The fraction of sp³-hybridized carbons (Fsp3) is 0.286. The number of rotatable bonds is 4. The van der Waals surface area contributed by atoms with Crippen molar-refractivity contribution >= 4 is 17.5 Å². The van der Waals surface area contributed by atoms with E-state index in [0.29, 0.717) is 17.9 Å². The van der Waals surface area contributed by atoms with Crippen LogP contribution in [0.5, 0.6) is 5.75 Å². The Morgan fingerprint density at radius 2 is 2.00 bits per heavy atom. The Labute approximate surface area is 116 Å². The molecule has 2 rings (SSSR count). The standard InChI is InChI=1S/C14H15NO3S/c1-4-18-14(16)12-9(2)19-15-13(12)10-5-7-11(17-3)8-6-10/h5-8H,4H2,1-3H3. The number of ether oxygens (including phenoxy) is 2. The highest BCUT2D eigenvalue weighted by molar-refractivity contribution is 7.06. The molecule has 1 heterocycles. The summed E-state index contributed by atoms with van der Waals surface area (Å²) in [7, 11) is 1.62. The number of hydrogen-bond donors (Lipinski definition) is 0. The normalized spacial score (nSPS) is 10.3. The van der Waals surface area contributed by atoms with Crippen molar-refractivity contribution < 1.29 is 14.3 Å². The molecule has 1 aromatic heterocycles. The summed E-state index contributed by atoms with van der Waals surface area (Å²) in [6.07, 6.45) is 0. The third-order valence-corrected chi connectivity index (χ3v) is 3.46. The van der Waals surface area contributed by atoms with E-state index >= 15 is 0 Å². The van der Waals surface area contributed by atoms with Crippen molar-refractivity contribution in [1.29, 1.82) is 0 Å². The molecule has 5 heteroatoms. The lowest BCUT2D eigenvalue weighted by Gasteiger charge is -2.05. The first-order chi connectivity index (χ1) is 9.17. The van der Waals surface area contributed by atoms with Gasteiger partial charge in [-0.15, -0.1) is 0 Å². The summed E-state index contributed by atoms with van der Waals surface area (Å²) in [4.78, 5) is 12.8. The number of carbonyl (C=O) groups is 1. The maximum absolute atomic E-state index is 12.0. The number of aryl methyl sites for hydroxylation is 1. The zero-order valence-electron chi connectivity index (χ0n) is 11.1. The van der Waals surface area contributed by atoms with Gasteiger partial charge in [-0.05, 0) is 49.6 Å².